The number of halogens is 1. The first-order valence-corrected chi connectivity index (χ1v) is 14.7. The van der Waals surface area contributed by atoms with Gasteiger partial charge in [0.2, 0.25) is 0 Å². The maximum absolute atomic E-state index is 14.4. The summed E-state index contributed by atoms with van der Waals surface area (Å²) in [4.78, 5) is 10.5. The molecule has 3 N–H and O–H groups in total. The number of allylic oxidation sites excluding steroid dienone is 3. The Kier molecular flexibility index (Phi) is 7.29. The number of hydrogen-bond acceptors (Lipinski definition) is 8. The predicted octanol–water partition coefficient (Wildman–Crippen LogP) is 4.49. The molecule has 0 amide bonds. The number of nitrogen functional groups attached to an aromatic ring is 1. The average Bonchev–Trinajstić information content (AvgIpc) is 3.19. The van der Waals surface area contributed by atoms with E-state index < -0.39 is 40.5 Å². The molecule has 0 saturated heterocycles. The third-order valence-corrected chi connectivity index (χ3v) is 12.1. The number of thioether (sulfide) groups is 1. The summed E-state index contributed by atoms with van der Waals surface area (Å²) < 4.78 is 45.8. The van der Waals surface area contributed by atoms with Crippen LogP contribution in [-0.2, 0) is 19.8 Å². The monoisotopic (exact) mass is 576 g/mol. The molecule has 0 fully saturated rings. The van der Waals surface area contributed by atoms with Gasteiger partial charge in [-0.3, -0.25) is 15.5 Å². The highest BCUT2D eigenvalue weighted by Gasteiger charge is 2.32. The van der Waals surface area contributed by atoms with Crippen molar-refractivity contribution in [1.29, 1.82) is 5.41 Å². The zero-order valence-corrected chi connectivity index (χ0v) is 21.3. The Labute approximate surface area is 201 Å². The van der Waals surface area contributed by atoms with Crippen molar-refractivity contribution >= 4 is 70.3 Å². The number of nitrogens with zero attached hydrogens (tertiary/aromatic N) is 2. The van der Waals surface area contributed by atoms with Gasteiger partial charge in [0.05, 0.1) is 38.8 Å². The number of thiophene rings is 1. The Bertz CT molecular complexity index is 1390. The van der Waals surface area contributed by atoms with Crippen molar-refractivity contribution in [2.24, 2.45) is 9.50 Å². The van der Waals surface area contributed by atoms with Crippen LogP contribution >= 0.6 is 39.0 Å². The van der Waals surface area contributed by atoms with Crippen LogP contribution in [0.5, 0.6) is 0 Å². The van der Waals surface area contributed by atoms with Gasteiger partial charge < -0.3 is 5.73 Å². The molecule has 0 radical (unpaired) electrons. The number of rotatable bonds is 7. The van der Waals surface area contributed by atoms with E-state index in [9.17, 15) is 22.7 Å². The smallest absolute Gasteiger partial charge is 0.290 e. The van der Waals surface area contributed by atoms with Gasteiger partial charge >= 0.3 is 0 Å². The fourth-order valence-electron chi connectivity index (χ4n) is 2.88. The van der Waals surface area contributed by atoms with Gasteiger partial charge in [-0.15, -0.1) is 26.9 Å². The molecule has 1 aliphatic rings. The highest BCUT2D eigenvalue weighted by Crippen LogP contribution is 2.40. The lowest BCUT2D eigenvalue weighted by Gasteiger charge is -2.20. The number of nitro groups is 1. The summed E-state index contributed by atoms with van der Waals surface area (Å²) in [5, 5.41) is 18.0. The zero-order valence-electron chi connectivity index (χ0n) is 16.4. The number of nitrogens with two attached hydrogens (primary N) is 1. The number of nitro benzene ring substituents is 1. The molecule has 1 aromatic heterocycles. The van der Waals surface area contributed by atoms with Gasteiger partial charge in [-0.05, 0) is 24.8 Å². The predicted molar refractivity (Wildman–Crippen MR) is 131 cm³/mol. The minimum Gasteiger partial charge on any atom is -0.383 e. The second kappa shape index (κ2) is 9.47. The van der Waals surface area contributed by atoms with Gasteiger partial charge in [0.1, 0.15) is 5.84 Å². The Morgan fingerprint density at radius 1 is 1.38 bits per heavy atom. The molecule has 0 spiro atoms. The summed E-state index contributed by atoms with van der Waals surface area (Å²) in [6.07, 6.45) is 7.14. The lowest BCUT2D eigenvalue weighted by Crippen LogP contribution is -2.22. The van der Waals surface area contributed by atoms with E-state index in [0.717, 1.165) is 23.5 Å². The molecule has 0 aliphatic heterocycles. The second-order valence-corrected chi connectivity index (χ2v) is 13.7. The van der Waals surface area contributed by atoms with Gasteiger partial charge in [0.15, 0.2) is 0 Å². The first-order valence-electron chi connectivity index (χ1n) is 8.81. The van der Waals surface area contributed by atoms with Crippen LogP contribution in [0.4, 0.5) is 5.69 Å². The molecular formula is C18H17BrN4O5S4. The van der Waals surface area contributed by atoms with Crippen LogP contribution in [-0.4, -0.2) is 34.9 Å². The van der Waals surface area contributed by atoms with Crippen LogP contribution in [0.1, 0.15) is 11.3 Å². The second-order valence-electron chi connectivity index (χ2n) is 6.48. The number of hydrogen-bond donors (Lipinski definition) is 2. The van der Waals surface area contributed by atoms with Gasteiger partial charge in [0.25, 0.3) is 15.7 Å². The maximum Gasteiger partial charge on any atom is 0.290 e. The molecule has 3 rings (SSSR count). The Morgan fingerprint density at radius 2 is 2.09 bits per heavy atom. The molecule has 2 aromatic rings. The standard InChI is InChI=1S/C18H17BrN4O5S4/c1-29-18-16(10-15(30-18)17(20)21)31(26,13-6-2-4-11(19)8-13)22-32(27,28)14-7-3-5-12(9-14)23(24)25/h2-5,7-10,13H,6H2,1H3,(H3,20,21). The molecule has 2 atom stereocenters. The molecular weight excluding hydrogens is 560 g/mol. The Balaban J connectivity index is 2.31. The van der Waals surface area contributed by atoms with Crippen LogP contribution < -0.4 is 5.73 Å². The van der Waals surface area contributed by atoms with Crippen molar-refractivity contribution in [3.8, 4) is 0 Å². The van der Waals surface area contributed by atoms with E-state index in [2.05, 4.69) is 19.7 Å². The quantitative estimate of drug-likeness (QED) is 0.161. The van der Waals surface area contributed by atoms with Crippen molar-refractivity contribution in [2.75, 3.05) is 6.26 Å². The van der Waals surface area contributed by atoms with E-state index in [-0.39, 0.29) is 17.2 Å². The molecule has 14 heteroatoms. The molecule has 1 aliphatic carbocycles. The minimum absolute atomic E-state index is 0.172. The van der Waals surface area contributed by atoms with Crippen molar-refractivity contribution in [2.45, 2.75) is 25.7 Å². The van der Waals surface area contributed by atoms with Gasteiger partial charge in [-0.2, -0.15) is 8.42 Å². The van der Waals surface area contributed by atoms with Gasteiger partial charge in [-0.25, -0.2) is 4.21 Å². The molecule has 2 unspecified atom stereocenters. The minimum atomic E-state index is -4.54. The van der Waals surface area contributed by atoms with Crippen LogP contribution in [0.15, 0.2) is 70.8 Å². The van der Waals surface area contributed by atoms with Gasteiger partial charge in [0, 0.05) is 16.6 Å². The lowest BCUT2D eigenvalue weighted by molar-refractivity contribution is -0.385. The Hall–Kier alpha value is -2.00. The normalized spacial score (nSPS) is 17.9. The maximum atomic E-state index is 14.4. The molecule has 9 nitrogen and oxygen atoms in total. The molecule has 0 saturated carbocycles. The van der Waals surface area contributed by atoms with Gasteiger partial charge in [-0.1, -0.05) is 40.2 Å². The first kappa shape index (κ1) is 24.6. The third-order valence-electron chi connectivity index (χ3n) is 4.37. The fraction of sp³-hybridized carbons (Fsp3) is 0.167. The van der Waals surface area contributed by atoms with Crippen LogP contribution in [0, 0.1) is 15.5 Å². The van der Waals surface area contributed by atoms with E-state index in [1.165, 1.54) is 30.0 Å². The summed E-state index contributed by atoms with van der Waals surface area (Å²) in [5.41, 5.74) is 5.19. The summed E-state index contributed by atoms with van der Waals surface area (Å²) in [6.45, 7) is 0. The fourth-order valence-corrected chi connectivity index (χ4v) is 10.6. The van der Waals surface area contributed by atoms with Crippen molar-refractivity contribution in [1.82, 2.24) is 0 Å². The largest absolute Gasteiger partial charge is 0.383 e. The first-order chi connectivity index (χ1) is 15.0. The van der Waals surface area contributed by atoms with Crippen LogP contribution in [0.2, 0.25) is 0 Å². The molecule has 0 bridgehead atoms. The number of non-ortho nitro benzene ring substituents is 1. The van der Waals surface area contributed by atoms with E-state index >= 15 is 0 Å². The summed E-state index contributed by atoms with van der Waals surface area (Å²) in [7, 11) is -8.19. The number of amidine groups is 1. The van der Waals surface area contributed by atoms with E-state index in [1.54, 1.807) is 24.5 Å². The number of nitrogens with one attached hydrogen (secondary N) is 1. The van der Waals surface area contributed by atoms with Crippen molar-refractivity contribution in [3.05, 3.63) is 68.0 Å². The lowest BCUT2D eigenvalue weighted by atomic mass is 10.2. The summed E-state index contributed by atoms with van der Waals surface area (Å²) >= 11 is 5.71. The SMILES string of the molecule is CSc1sc(C(=N)N)cc1S(=O)(=NS(=O)(=O)c1cccc([N+](=O)[O-])c1)C1C=C(Br)C=CC1. The molecule has 170 valence electrons. The van der Waals surface area contributed by atoms with Crippen molar-refractivity contribution < 1.29 is 17.6 Å². The number of benzene rings is 1. The molecule has 1 heterocycles. The van der Waals surface area contributed by atoms with E-state index in [0.29, 0.717) is 13.6 Å². The molecule has 1 aromatic carbocycles. The number of sulfonamides is 1. The van der Waals surface area contributed by atoms with Crippen LogP contribution in [0.25, 0.3) is 0 Å². The van der Waals surface area contributed by atoms with Crippen molar-refractivity contribution in [3.63, 3.8) is 0 Å². The van der Waals surface area contributed by atoms with E-state index in [1.807, 2.05) is 0 Å². The zero-order chi connectivity index (χ0) is 23.7. The third kappa shape index (κ3) is 4.98. The average molecular weight is 578 g/mol. The highest BCUT2D eigenvalue weighted by atomic mass is 79.9. The van der Waals surface area contributed by atoms with Crippen LogP contribution in [0.3, 0.4) is 0 Å². The topological polar surface area (TPSA) is 157 Å². The van der Waals surface area contributed by atoms with E-state index in [4.69, 9.17) is 11.1 Å². The summed E-state index contributed by atoms with van der Waals surface area (Å²) in [5.74, 6) is -0.236. The Morgan fingerprint density at radius 3 is 2.69 bits per heavy atom. The summed E-state index contributed by atoms with van der Waals surface area (Å²) in [6, 6.07) is 5.88. The molecule has 32 heavy (non-hydrogen) atoms. The highest BCUT2D eigenvalue weighted by molar-refractivity contribution is 9.11.